The Labute approximate surface area is 91.9 Å². The van der Waals surface area contributed by atoms with Crippen LogP contribution in [0, 0.1) is 0 Å². The number of hydrogen-bond donors (Lipinski definition) is 1. The molecule has 0 fully saturated rings. The van der Waals surface area contributed by atoms with Gasteiger partial charge in [0.25, 0.3) is 0 Å². The second-order valence-corrected chi connectivity index (χ2v) is 3.26. The van der Waals surface area contributed by atoms with E-state index < -0.39 is 0 Å². The first kappa shape index (κ1) is 10.2. The van der Waals surface area contributed by atoms with Crippen LogP contribution in [0.3, 0.4) is 0 Å². The van der Waals surface area contributed by atoms with Crippen molar-refractivity contribution >= 4 is 0 Å². The summed E-state index contributed by atoms with van der Waals surface area (Å²) >= 11 is 0. The van der Waals surface area contributed by atoms with Crippen LogP contribution in [0.25, 0.3) is 21.7 Å². The van der Waals surface area contributed by atoms with Crippen molar-refractivity contribution in [2.24, 2.45) is 5.11 Å². The molecule has 2 aromatic rings. The third-order valence-corrected chi connectivity index (χ3v) is 2.23. The van der Waals surface area contributed by atoms with E-state index in [1.165, 1.54) is 0 Å². The Morgan fingerprint density at radius 2 is 2.12 bits per heavy atom. The Balaban J connectivity index is 2.07. The highest BCUT2D eigenvalue weighted by Gasteiger charge is 1.99. The third kappa shape index (κ3) is 2.37. The van der Waals surface area contributed by atoms with Gasteiger partial charge in [0.2, 0.25) is 0 Å². The van der Waals surface area contributed by atoms with Crippen molar-refractivity contribution in [1.29, 1.82) is 0 Å². The minimum Gasteiger partial charge on any atom is -0.197 e. The van der Waals surface area contributed by atoms with Gasteiger partial charge in [0, 0.05) is 17.0 Å². The van der Waals surface area contributed by atoms with E-state index >= 15 is 0 Å². The topological polar surface area (TPSA) is 90.3 Å². The molecule has 0 spiro atoms. The monoisotopic (exact) mass is 214 g/mol. The first-order valence-electron chi connectivity index (χ1n) is 4.86. The van der Waals surface area contributed by atoms with Crippen LogP contribution in [0.5, 0.6) is 0 Å². The van der Waals surface area contributed by atoms with Crippen molar-refractivity contribution in [3.05, 3.63) is 46.5 Å². The highest BCUT2D eigenvalue weighted by molar-refractivity contribution is 5.57. The predicted molar refractivity (Wildman–Crippen MR) is 59.5 cm³/mol. The van der Waals surface area contributed by atoms with E-state index in [0.29, 0.717) is 6.54 Å². The third-order valence-electron chi connectivity index (χ3n) is 2.23. The first-order chi connectivity index (χ1) is 7.90. The quantitative estimate of drug-likeness (QED) is 0.480. The minimum atomic E-state index is 0.486. The summed E-state index contributed by atoms with van der Waals surface area (Å²) in [7, 11) is 0. The van der Waals surface area contributed by atoms with Gasteiger partial charge in [-0.15, -0.1) is 0 Å². The summed E-state index contributed by atoms with van der Waals surface area (Å²) in [6, 6.07) is 7.94. The molecular weight excluding hydrogens is 204 g/mol. The van der Waals surface area contributed by atoms with E-state index in [4.69, 9.17) is 5.53 Å². The molecule has 0 aliphatic heterocycles. The second kappa shape index (κ2) is 4.95. The fourth-order valence-corrected chi connectivity index (χ4v) is 1.41. The number of nitrogens with one attached hydrogen (secondary N) is 1. The van der Waals surface area contributed by atoms with E-state index in [-0.39, 0.29) is 0 Å². The molecule has 0 bridgehead atoms. The molecule has 0 saturated heterocycles. The average Bonchev–Trinajstić information content (AvgIpc) is 2.84. The summed E-state index contributed by atoms with van der Waals surface area (Å²) in [6.45, 7) is 0.486. The number of benzene rings is 1. The van der Waals surface area contributed by atoms with Crippen molar-refractivity contribution < 1.29 is 0 Å². The lowest BCUT2D eigenvalue weighted by Gasteiger charge is -1.99. The molecular formula is C10H10N6. The van der Waals surface area contributed by atoms with E-state index in [1.807, 2.05) is 24.3 Å². The minimum absolute atomic E-state index is 0.486. The van der Waals surface area contributed by atoms with Gasteiger partial charge >= 0.3 is 0 Å². The van der Waals surface area contributed by atoms with Gasteiger partial charge < -0.3 is 0 Å². The standard InChI is InChI=1S/C10H10N6/c11-15-12-6-5-8-1-3-9(4-2-8)10-7-13-16-14-10/h1-4,7H,5-6H2,(H,13,14,16). The predicted octanol–water partition coefficient (Wildman–Crippen LogP) is 2.32. The summed E-state index contributed by atoms with van der Waals surface area (Å²) in [5.41, 5.74) is 11.1. The van der Waals surface area contributed by atoms with Gasteiger partial charge in [-0.25, -0.2) is 0 Å². The lowest BCUT2D eigenvalue weighted by Crippen LogP contribution is -1.88. The van der Waals surface area contributed by atoms with Crippen LogP contribution in [0.2, 0.25) is 0 Å². The number of H-pyrrole nitrogens is 1. The summed E-state index contributed by atoms with van der Waals surface area (Å²) in [5, 5.41) is 13.8. The molecule has 6 nitrogen and oxygen atoms in total. The van der Waals surface area contributed by atoms with Crippen LogP contribution < -0.4 is 0 Å². The van der Waals surface area contributed by atoms with Crippen LogP contribution in [0.1, 0.15) is 5.56 Å². The SMILES string of the molecule is [N-]=[N+]=NCCc1ccc(-c2cn[nH]n2)cc1. The molecule has 1 N–H and O–H groups in total. The molecule has 0 unspecified atom stereocenters. The lowest BCUT2D eigenvalue weighted by molar-refractivity contribution is 0.941. The molecule has 0 atom stereocenters. The maximum atomic E-state index is 8.15. The van der Waals surface area contributed by atoms with Crippen molar-refractivity contribution in [3.63, 3.8) is 0 Å². The van der Waals surface area contributed by atoms with Crippen LogP contribution in [0.15, 0.2) is 35.6 Å². The largest absolute Gasteiger partial charge is 0.197 e. The molecule has 1 heterocycles. The molecule has 0 aliphatic rings. The van der Waals surface area contributed by atoms with Crippen LogP contribution >= 0.6 is 0 Å². The van der Waals surface area contributed by atoms with Crippen LogP contribution in [0.4, 0.5) is 0 Å². The smallest absolute Gasteiger partial charge is 0.112 e. The van der Waals surface area contributed by atoms with E-state index in [0.717, 1.165) is 23.2 Å². The molecule has 0 radical (unpaired) electrons. The maximum Gasteiger partial charge on any atom is 0.112 e. The summed E-state index contributed by atoms with van der Waals surface area (Å²) in [5.74, 6) is 0. The van der Waals surface area contributed by atoms with Crippen molar-refractivity contribution in [3.8, 4) is 11.3 Å². The zero-order chi connectivity index (χ0) is 11.2. The average molecular weight is 214 g/mol. The zero-order valence-corrected chi connectivity index (χ0v) is 8.54. The number of aromatic amines is 1. The molecule has 0 aliphatic carbocycles. The van der Waals surface area contributed by atoms with Gasteiger partial charge in [-0.3, -0.25) is 0 Å². The molecule has 0 saturated carbocycles. The molecule has 16 heavy (non-hydrogen) atoms. The highest BCUT2D eigenvalue weighted by Crippen LogP contribution is 2.15. The fourth-order valence-electron chi connectivity index (χ4n) is 1.41. The van der Waals surface area contributed by atoms with E-state index in [2.05, 4.69) is 25.4 Å². The Kier molecular flexibility index (Phi) is 3.15. The number of aromatic nitrogens is 3. The number of nitrogens with zero attached hydrogens (tertiary/aromatic N) is 5. The van der Waals surface area contributed by atoms with Crippen LogP contribution in [-0.2, 0) is 6.42 Å². The van der Waals surface area contributed by atoms with Gasteiger partial charge in [0.05, 0.1) is 6.20 Å². The molecule has 1 aromatic heterocycles. The van der Waals surface area contributed by atoms with Gasteiger partial charge in [0.1, 0.15) is 5.69 Å². The Hall–Kier alpha value is -2.33. The number of rotatable bonds is 4. The summed E-state index contributed by atoms with van der Waals surface area (Å²) in [4.78, 5) is 2.71. The van der Waals surface area contributed by atoms with Gasteiger partial charge in [-0.05, 0) is 17.5 Å². The summed E-state index contributed by atoms with van der Waals surface area (Å²) in [6.07, 6.45) is 2.43. The Morgan fingerprint density at radius 3 is 2.75 bits per heavy atom. The Morgan fingerprint density at radius 1 is 1.31 bits per heavy atom. The normalized spacial score (nSPS) is 9.75. The maximum absolute atomic E-state index is 8.15. The summed E-state index contributed by atoms with van der Waals surface area (Å²) < 4.78 is 0. The van der Waals surface area contributed by atoms with E-state index in [9.17, 15) is 0 Å². The van der Waals surface area contributed by atoms with Gasteiger partial charge in [0.15, 0.2) is 0 Å². The van der Waals surface area contributed by atoms with Crippen molar-refractivity contribution in [1.82, 2.24) is 15.4 Å². The van der Waals surface area contributed by atoms with E-state index in [1.54, 1.807) is 6.20 Å². The number of azide groups is 1. The molecule has 2 rings (SSSR count). The molecule has 0 amide bonds. The van der Waals surface area contributed by atoms with Crippen molar-refractivity contribution in [2.75, 3.05) is 6.54 Å². The lowest BCUT2D eigenvalue weighted by atomic mass is 10.1. The second-order valence-electron chi connectivity index (χ2n) is 3.26. The molecule has 6 heteroatoms. The van der Waals surface area contributed by atoms with Gasteiger partial charge in [-0.1, -0.05) is 29.4 Å². The van der Waals surface area contributed by atoms with Gasteiger partial charge in [-0.2, -0.15) is 15.4 Å². The molecule has 1 aromatic carbocycles. The molecule has 80 valence electrons. The highest BCUT2D eigenvalue weighted by atomic mass is 15.3. The number of hydrogen-bond acceptors (Lipinski definition) is 3. The first-order valence-corrected chi connectivity index (χ1v) is 4.86. The Bertz CT molecular complexity index is 481. The van der Waals surface area contributed by atoms with Crippen LogP contribution in [-0.4, -0.2) is 22.0 Å². The fraction of sp³-hybridized carbons (Fsp3) is 0.200. The zero-order valence-electron chi connectivity index (χ0n) is 8.54. The van der Waals surface area contributed by atoms with Crippen molar-refractivity contribution in [2.45, 2.75) is 6.42 Å².